The summed E-state index contributed by atoms with van der Waals surface area (Å²) < 4.78 is 0. The Morgan fingerprint density at radius 2 is 2.41 bits per heavy atom. The van der Waals surface area contributed by atoms with E-state index in [-0.39, 0.29) is 0 Å². The van der Waals surface area contributed by atoms with Crippen LogP contribution in [-0.4, -0.2) is 25.2 Å². The minimum absolute atomic E-state index is 0.363. The highest BCUT2D eigenvalue weighted by Crippen LogP contribution is 2.25. The number of nitrogens with one attached hydrogen (secondary N) is 2. The van der Waals surface area contributed by atoms with E-state index in [2.05, 4.69) is 48.9 Å². The highest BCUT2D eigenvalue weighted by molar-refractivity contribution is 7.09. The van der Waals surface area contributed by atoms with Crippen LogP contribution in [0.1, 0.15) is 32.1 Å². The lowest BCUT2D eigenvalue weighted by Crippen LogP contribution is -2.55. The van der Waals surface area contributed by atoms with Crippen molar-refractivity contribution in [2.24, 2.45) is 5.41 Å². The van der Waals surface area contributed by atoms with E-state index in [1.54, 1.807) is 0 Å². The van der Waals surface area contributed by atoms with E-state index < -0.39 is 0 Å². The number of piperidine rings is 1. The summed E-state index contributed by atoms with van der Waals surface area (Å²) in [6.07, 6.45) is 2.39. The van der Waals surface area contributed by atoms with Crippen LogP contribution >= 0.6 is 11.3 Å². The Morgan fingerprint density at radius 3 is 3.06 bits per heavy atom. The zero-order valence-corrected chi connectivity index (χ0v) is 11.9. The maximum absolute atomic E-state index is 3.81. The first-order chi connectivity index (χ1) is 8.08. The zero-order valence-electron chi connectivity index (χ0n) is 11.1. The molecule has 0 amide bonds. The molecular formula is C14H24N2S. The average molecular weight is 252 g/mol. The largest absolute Gasteiger partial charge is 0.316 e. The van der Waals surface area contributed by atoms with E-state index in [0.29, 0.717) is 17.5 Å². The third-order valence-corrected chi connectivity index (χ3v) is 4.61. The average Bonchev–Trinajstić information content (AvgIpc) is 2.73. The molecule has 2 rings (SSSR count). The smallest absolute Gasteiger partial charge is 0.0145 e. The van der Waals surface area contributed by atoms with Gasteiger partial charge >= 0.3 is 0 Å². The summed E-state index contributed by atoms with van der Waals surface area (Å²) in [6, 6.07) is 5.58. The van der Waals surface area contributed by atoms with Gasteiger partial charge in [0.1, 0.15) is 0 Å². The van der Waals surface area contributed by atoms with Crippen molar-refractivity contribution < 1.29 is 0 Å². The van der Waals surface area contributed by atoms with Crippen molar-refractivity contribution in [1.29, 1.82) is 0 Å². The second-order valence-corrected chi connectivity index (χ2v) is 6.89. The summed E-state index contributed by atoms with van der Waals surface area (Å²) >= 11 is 1.86. The maximum atomic E-state index is 3.81. The lowest BCUT2D eigenvalue weighted by Gasteiger charge is -2.41. The SMILES string of the molecule is CC(Cc1cccs1)NC1CCNCC1(C)C. The second kappa shape index (κ2) is 5.51. The molecule has 0 bridgehead atoms. The van der Waals surface area contributed by atoms with Gasteiger partial charge in [-0.3, -0.25) is 0 Å². The minimum Gasteiger partial charge on any atom is -0.316 e. The van der Waals surface area contributed by atoms with Gasteiger partial charge in [-0.15, -0.1) is 11.3 Å². The molecule has 1 aromatic heterocycles. The Labute approximate surface area is 109 Å². The number of hydrogen-bond donors (Lipinski definition) is 2. The topological polar surface area (TPSA) is 24.1 Å². The molecule has 0 aromatic carbocycles. The molecule has 0 radical (unpaired) electrons. The molecule has 2 atom stereocenters. The predicted octanol–water partition coefficient (Wildman–Crippen LogP) is 2.66. The molecule has 0 saturated carbocycles. The Morgan fingerprint density at radius 1 is 1.59 bits per heavy atom. The number of rotatable bonds is 4. The Kier molecular flexibility index (Phi) is 4.23. The summed E-state index contributed by atoms with van der Waals surface area (Å²) in [4.78, 5) is 1.48. The van der Waals surface area contributed by atoms with Gasteiger partial charge in [0.25, 0.3) is 0 Å². The molecule has 17 heavy (non-hydrogen) atoms. The lowest BCUT2D eigenvalue weighted by atomic mass is 9.79. The molecule has 1 aromatic rings. The summed E-state index contributed by atoms with van der Waals surface area (Å²) in [5, 5.41) is 9.46. The normalized spacial score (nSPS) is 25.7. The van der Waals surface area contributed by atoms with Crippen molar-refractivity contribution in [3.63, 3.8) is 0 Å². The summed E-state index contributed by atoms with van der Waals surface area (Å²) in [7, 11) is 0. The molecule has 96 valence electrons. The van der Waals surface area contributed by atoms with Gasteiger partial charge in [-0.2, -0.15) is 0 Å². The first-order valence-corrected chi connectivity index (χ1v) is 7.45. The zero-order chi connectivity index (χ0) is 12.3. The molecule has 0 aliphatic carbocycles. The molecule has 2 N–H and O–H groups in total. The van der Waals surface area contributed by atoms with Gasteiger partial charge in [0, 0.05) is 23.5 Å². The molecule has 3 heteroatoms. The molecular weight excluding hydrogens is 228 g/mol. The highest BCUT2D eigenvalue weighted by Gasteiger charge is 2.32. The fourth-order valence-electron chi connectivity index (χ4n) is 2.61. The first kappa shape index (κ1) is 13.1. The van der Waals surface area contributed by atoms with Gasteiger partial charge in [0.15, 0.2) is 0 Å². The van der Waals surface area contributed by atoms with Crippen molar-refractivity contribution in [2.45, 2.75) is 45.7 Å². The standard InChI is InChI=1S/C14H24N2S/c1-11(9-12-5-4-8-17-12)16-13-6-7-15-10-14(13,2)3/h4-5,8,11,13,15-16H,6-7,9-10H2,1-3H3. The van der Waals surface area contributed by atoms with E-state index in [4.69, 9.17) is 0 Å². The van der Waals surface area contributed by atoms with Crippen LogP contribution in [0.25, 0.3) is 0 Å². The number of thiophene rings is 1. The Hall–Kier alpha value is -0.380. The van der Waals surface area contributed by atoms with Crippen LogP contribution in [0.15, 0.2) is 17.5 Å². The second-order valence-electron chi connectivity index (χ2n) is 5.86. The van der Waals surface area contributed by atoms with E-state index in [0.717, 1.165) is 19.5 Å². The van der Waals surface area contributed by atoms with Crippen molar-refractivity contribution in [3.05, 3.63) is 22.4 Å². The van der Waals surface area contributed by atoms with Crippen LogP contribution in [0.5, 0.6) is 0 Å². The maximum Gasteiger partial charge on any atom is 0.0145 e. The van der Waals surface area contributed by atoms with E-state index >= 15 is 0 Å². The Balaban J connectivity index is 1.87. The van der Waals surface area contributed by atoms with Gasteiger partial charge < -0.3 is 10.6 Å². The molecule has 2 unspecified atom stereocenters. The lowest BCUT2D eigenvalue weighted by molar-refractivity contribution is 0.174. The van der Waals surface area contributed by atoms with Crippen LogP contribution in [0.3, 0.4) is 0 Å². The summed E-state index contributed by atoms with van der Waals surface area (Å²) in [6.45, 7) is 9.28. The Bertz CT molecular complexity index is 332. The van der Waals surface area contributed by atoms with Crippen LogP contribution in [0, 0.1) is 5.41 Å². The molecule has 0 spiro atoms. The van der Waals surface area contributed by atoms with Crippen molar-refractivity contribution in [3.8, 4) is 0 Å². The molecule has 1 aliphatic rings. The molecule has 2 heterocycles. The summed E-state index contributed by atoms with van der Waals surface area (Å²) in [5.41, 5.74) is 0.363. The fourth-order valence-corrected chi connectivity index (χ4v) is 3.45. The molecule has 1 saturated heterocycles. The fraction of sp³-hybridized carbons (Fsp3) is 0.714. The molecule has 1 aliphatic heterocycles. The highest BCUT2D eigenvalue weighted by atomic mass is 32.1. The van der Waals surface area contributed by atoms with E-state index in [1.807, 2.05) is 11.3 Å². The third kappa shape index (κ3) is 3.54. The summed E-state index contributed by atoms with van der Waals surface area (Å²) in [5.74, 6) is 0. The van der Waals surface area contributed by atoms with Gasteiger partial charge in [0.05, 0.1) is 0 Å². The minimum atomic E-state index is 0.363. The number of hydrogen-bond acceptors (Lipinski definition) is 3. The van der Waals surface area contributed by atoms with Crippen LogP contribution in [0.4, 0.5) is 0 Å². The van der Waals surface area contributed by atoms with Crippen molar-refractivity contribution in [1.82, 2.24) is 10.6 Å². The van der Waals surface area contributed by atoms with E-state index in [9.17, 15) is 0 Å². The molecule has 1 fully saturated rings. The monoisotopic (exact) mass is 252 g/mol. The third-order valence-electron chi connectivity index (χ3n) is 3.71. The van der Waals surface area contributed by atoms with Gasteiger partial charge in [-0.05, 0) is 43.2 Å². The van der Waals surface area contributed by atoms with Crippen LogP contribution < -0.4 is 10.6 Å². The first-order valence-electron chi connectivity index (χ1n) is 6.57. The predicted molar refractivity (Wildman–Crippen MR) is 75.7 cm³/mol. The van der Waals surface area contributed by atoms with Gasteiger partial charge in [-0.1, -0.05) is 19.9 Å². The van der Waals surface area contributed by atoms with Crippen LogP contribution in [0.2, 0.25) is 0 Å². The van der Waals surface area contributed by atoms with E-state index in [1.165, 1.54) is 11.3 Å². The van der Waals surface area contributed by atoms with Crippen molar-refractivity contribution in [2.75, 3.05) is 13.1 Å². The van der Waals surface area contributed by atoms with Crippen LogP contribution in [-0.2, 0) is 6.42 Å². The van der Waals surface area contributed by atoms with Crippen molar-refractivity contribution >= 4 is 11.3 Å². The molecule has 2 nitrogen and oxygen atoms in total. The van der Waals surface area contributed by atoms with Gasteiger partial charge in [-0.25, -0.2) is 0 Å². The quantitative estimate of drug-likeness (QED) is 0.861. The van der Waals surface area contributed by atoms with Gasteiger partial charge in [0.2, 0.25) is 0 Å².